The molecular weight excluding hydrogens is 226 g/mol. The Bertz CT molecular complexity index is 439. The minimum absolute atomic E-state index is 0.615. The van der Waals surface area contributed by atoms with Crippen molar-refractivity contribution in [2.24, 2.45) is 4.99 Å². The Kier molecular flexibility index (Phi) is 4.07. The van der Waals surface area contributed by atoms with Crippen LogP contribution in [0.15, 0.2) is 23.2 Å². The van der Waals surface area contributed by atoms with Crippen LogP contribution in [0.2, 0.25) is 0 Å². The van der Waals surface area contributed by atoms with Gasteiger partial charge in [0.15, 0.2) is 5.96 Å². The van der Waals surface area contributed by atoms with Crippen LogP contribution >= 0.6 is 0 Å². The molecule has 1 aliphatic rings. The van der Waals surface area contributed by atoms with E-state index in [-0.39, 0.29) is 0 Å². The minimum Gasteiger partial charge on any atom is -0.496 e. The summed E-state index contributed by atoms with van der Waals surface area (Å²) in [5.41, 5.74) is 2.35. The highest BCUT2D eigenvalue weighted by Gasteiger charge is 2.21. The number of rotatable bonds is 4. The third-order valence-electron chi connectivity index (χ3n) is 3.07. The van der Waals surface area contributed by atoms with Crippen molar-refractivity contribution in [3.63, 3.8) is 0 Å². The Hall–Kier alpha value is -1.71. The molecular formula is C14H21N3O. The Morgan fingerprint density at radius 3 is 2.83 bits per heavy atom. The van der Waals surface area contributed by atoms with Crippen molar-refractivity contribution in [1.82, 2.24) is 10.6 Å². The maximum absolute atomic E-state index is 5.32. The van der Waals surface area contributed by atoms with Gasteiger partial charge in [-0.25, -0.2) is 0 Å². The predicted octanol–water partition coefficient (Wildman–Crippen LogP) is 1.83. The first-order valence-electron chi connectivity index (χ1n) is 6.33. The lowest BCUT2D eigenvalue weighted by Gasteiger charge is -2.12. The normalized spacial score (nSPS) is 15.4. The summed E-state index contributed by atoms with van der Waals surface area (Å²) in [5, 5.41) is 6.67. The number of ether oxygens (including phenoxy) is 1. The van der Waals surface area contributed by atoms with E-state index in [2.05, 4.69) is 33.8 Å². The number of hydrogen-bond donors (Lipinski definition) is 2. The molecule has 2 rings (SSSR count). The van der Waals surface area contributed by atoms with Crippen molar-refractivity contribution in [3.8, 4) is 5.75 Å². The number of nitrogens with one attached hydrogen (secondary N) is 2. The molecule has 1 aliphatic carbocycles. The van der Waals surface area contributed by atoms with Crippen molar-refractivity contribution in [2.45, 2.75) is 32.4 Å². The molecule has 1 saturated carbocycles. The van der Waals surface area contributed by atoms with Gasteiger partial charge in [-0.3, -0.25) is 4.99 Å². The summed E-state index contributed by atoms with van der Waals surface area (Å²) >= 11 is 0. The molecule has 18 heavy (non-hydrogen) atoms. The van der Waals surface area contributed by atoms with E-state index in [0.29, 0.717) is 6.04 Å². The Balaban J connectivity index is 1.92. The maximum atomic E-state index is 5.32. The number of benzene rings is 1. The van der Waals surface area contributed by atoms with Crippen LogP contribution < -0.4 is 15.4 Å². The molecule has 1 fully saturated rings. The molecule has 0 spiro atoms. The van der Waals surface area contributed by atoms with E-state index < -0.39 is 0 Å². The minimum atomic E-state index is 0.615. The lowest BCUT2D eigenvalue weighted by molar-refractivity contribution is 0.411. The summed E-state index contributed by atoms with van der Waals surface area (Å²) in [6, 6.07) is 6.86. The molecule has 1 aromatic rings. The molecule has 0 amide bonds. The first-order chi connectivity index (χ1) is 8.72. The van der Waals surface area contributed by atoms with E-state index >= 15 is 0 Å². The van der Waals surface area contributed by atoms with Crippen molar-refractivity contribution < 1.29 is 4.74 Å². The van der Waals surface area contributed by atoms with Gasteiger partial charge in [-0.2, -0.15) is 0 Å². The fourth-order valence-corrected chi connectivity index (χ4v) is 1.78. The van der Waals surface area contributed by atoms with Gasteiger partial charge in [0.2, 0.25) is 0 Å². The third kappa shape index (κ3) is 3.39. The molecule has 4 heteroatoms. The summed E-state index contributed by atoms with van der Waals surface area (Å²) in [5.74, 6) is 1.80. The molecule has 0 saturated heterocycles. The number of hydrogen-bond acceptors (Lipinski definition) is 2. The number of nitrogens with zero attached hydrogens (tertiary/aromatic N) is 1. The van der Waals surface area contributed by atoms with Crippen LogP contribution in [-0.4, -0.2) is 26.2 Å². The van der Waals surface area contributed by atoms with Crippen LogP contribution in [0.1, 0.15) is 24.0 Å². The molecule has 0 unspecified atom stereocenters. The van der Waals surface area contributed by atoms with Gasteiger partial charge in [0.25, 0.3) is 0 Å². The fraction of sp³-hybridized carbons (Fsp3) is 0.500. The second-order valence-corrected chi connectivity index (χ2v) is 4.65. The van der Waals surface area contributed by atoms with Gasteiger partial charge in [-0.15, -0.1) is 0 Å². The van der Waals surface area contributed by atoms with Gasteiger partial charge in [-0.05, 0) is 37.0 Å². The first-order valence-corrected chi connectivity index (χ1v) is 6.33. The summed E-state index contributed by atoms with van der Waals surface area (Å²) in [4.78, 5) is 4.21. The molecule has 0 atom stereocenters. The number of guanidine groups is 1. The van der Waals surface area contributed by atoms with E-state index in [1.54, 1.807) is 14.2 Å². The highest BCUT2D eigenvalue weighted by atomic mass is 16.5. The summed E-state index contributed by atoms with van der Waals surface area (Å²) in [7, 11) is 3.50. The zero-order valence-corrected chi connectivity index (χ0v) is 11.3. The molecule has 98 valence electrons. The van der Waals surface area contributed by atoms with Crippen LogP contribution in [0.25, 0.3) is 0 Å². The number of aryl methyl sites for hydroxylation is 1. The van der Waals surface area contributed by atoms with Gasteiger partial charge in [-0.1, -0.05) is 12.1 Å². The number of methoxy groups -OCH3 is 1. The standard InChI is InChI=1S/C14H21N3O/c1-10-4-5-11(8-13(10)18-3)9-16-14(15-2)17-12-6-7-12/h4-5,8,12H,6-7,9H2,1-3H3,(H2,15,16,17). The Labute approximate surface area is 108 Å². The van der Waals surface area contributed by atoms with Gasteiger partial charge in [0.1, 0.15) is 5.75 Å². The molecule has 2 N–H and O–H groups in total. The second-order valence-electron chi connectivity index (χ2n) is 4.65. The average molecular weight is 247 g/mol. The monoisotopic (exact) mass is 247 g/mol. The van der Waals surface area contributed by atoms with Crippen molar-refractivity contribution in [2.75, 3.05) is 14.2 Å². The first kappa shape index (κ1) is 12.7. The molecule has 0 radical (unpaired) electrons. The molecule has 4 nitrogen and oxygen atoms in total. The van der Waals surface area contributed by atoms with E-state index in [0.717, 1.165) is 23.8 Å². The van der Waals surface area contributed by atoms with Crippen LogP contribution in [0, 0.1) is 6.92 Å². The highest BCUT2D eigenvalue weighted by Crippen LogP contribution is 2.19. The quantitative estimate of drug-likeness (QED) is 0.630. The molecule has 0 aromatic heterocycles. The smallest absolute Gasteiger partial charge is 0.191 e. The molecule has 0 bridgehead atoms. The van der Waals surface area contributed by atoms with Crippen LogP contribution in [0.3, 0.4) is 0 Å². The zero-order chi connectivity index (χ0) is 13.0. The van der Waals surface area contributed by atoms with E-state index in [4.69, 9.17) is 4.74 Å². The fourth-order valence-electron chi connectivity index (χ4n) is 1.78. The molecule has 0 heterocycles. The van der Waals surface area contributed by atoms with Crippen molar-refractivity contribution >= 4 is 5.96 Å². The van der Waals surface area contributed by atoms with Crippen LogP contribution in [0.5, 0.6) is 5.75 Å². The van der Waals surface area contributed by atoms with E-state index in [9.17, 15) is 0 Å². The molecule has 1 aromatic carbocycles. The van der Waals surface area contributed by atoms with Crippen LogP contribution in [0.4, 0.5) is 0 Å². The van der Waals surface area contributed by atoms with Crippen molar-refractivity contribution in [1.29, 1.82) is 0 Å². The average Bonchev–Trinajstić information content (AvgIpc) is 3.20. The third-order valence-corrected chi connectivity index (χ3v) is 3.07. The number of aliphatic imine (C=N–C) groups is 1. The van der Waals surface area contributed by atoms with Gasteiger partial charge in [0.05, 0.1) is 7.11 Å². The van der Waals surface area contributed by atoms with Gasteiger partial charge < -0.3 is 15.4 Å². The lowest BCUT2D eigenvalue weighted by atomic mass is 10.1. The van der Waals surface area contributed by atoms with E-state index in [1.165, 1.54) is 18.4 Å². The SMILES string of the molecule is CN=C(NCc1ccc(C)c(OC)c1)NC1CC1. The summed E-state index contributed by atoms with van der Waals surface area (Å²) in [6.45, 7) is 2.80. The highest BCUT2D eigenvalue weighted by molar-refractivity contribution is 5.80. The van der Waals surface area contributed by atoms with Crippen molar-refractivity contribution in [3.05, 3.63) is 29.3 Å². The Morgan fingerprint density at radius 1 is 1.44 bits per heavy atom. The summed E-state index contributed by atoms with van der Waals surface area (Å²) in [6.07, 6.45) is 2.50. The largest absolute Gasteiger partial charge is 0.496 e. The predicted molar refractivity (Wildman–Crippen MR) is 74.1 cm³/mol. The zero-order valence-electron chi connectivity index (χ0n) is 11.3. The molecule has 0 aliphatic heterocycles. The Morgan fingerprint density at radius 2 is 2.22 bits per heavy atom. The second kappa shape index (κ2) is 5.76. The van der Waals surface area contributed by atoms with Crippen LogP contribution in [-0.2, 0) is 6.54 Å². The maximum Gasteiger partial charge on any atom is 0.191 e. The van der Waals surface area contributed by atoms with Gasteiger partial charge in [0, 0.05) is 19.6 Å². The topological polar surface area (TPSA) is 45.7 Å². The summed E-state index contributed by atoms with van der Waals surface area (Å²) < 4.78 is 5.32. The lowest BCUT2D eigenvalue weighted by Crippen LogP contribution is -2.38. The van der Waals surface area contributed by atoms with Gasteiger partial charge >= 0.3 is 0 Å². The van der Waals surface area contributed by atoms with E-state index in [1.807, 2.05) is 6.92 Å².